The van der Waals surface area contributed by atoms with Crippen molar-refractivity contribution in [1.82, 2.24) is 5.32 Å². The molecule has 0 aliphatic rings. The van der Waals surface area contributed by atoms with E-state index >= 15 is 0 Å². The number of hydrogen-bond acceptors (Lipinski definition) is 2. The molecule has 0 heterocycles. The van der Waals surface area contributed by atoms with E-state index in [1.165, 1.54) is 0 Å². The second-order valence-corrected chi connectivity index (χ2v) is 5.62. The molecule has 4 nitrogen and oxygen atoms in total. The molecule has 2 N–H and O–H groups in total. The van der Waals surface area contributed by atoms with Gasteiger partial charge in [-0.1, -0.05) is 43.3 Å². The minimum absolute atomic E-state index is 0.0569. The van der Waals surface area contributed by atoms with Crippen LogP contribution in [0, 0.1) is 6.92 Å². The fourth-order valence-corrected chi connectivity index (χ4v) is 2.53. The number of amides is 2. The van der Waals surface area contributed by atoms with Gasteiger partial charge in [0, 0.05) is 24.7 Å². The minimum Gasteiger partial charge on any atom is -0.355 e. The summed E-state index contributed by atoms with van der Waals surface area (Å²) in [5.41, 5.74) is 3.16. The van der Waals surface area contributed by atoms with E-state index in [-0.39, 0.29) is 17.7 Å². The maximum Gasteiger partial charge on any atom is 0.251 e. The molecule has 0 radical (unpaired) electrons. The molecule has 0 aliphatic carbocycles. The third kappa shape index (κ3) is 4.19. The number of benzene rings is 2. The van der Waals surface area contributed by atoms with Crippen LogP contribution in [0.1, 0.15) is 40.7 Å². The lowest BCUT2D eigenvalue weighted by Gasteiger charge is -2.14. The van der Waals surface area contributed by atoms with Crippen LogP contribution >= 0.6 is 0 Å². The molecule has 2 aromatic carbocycles. The summed E-state index contributed by atoms with van der Waals surface area (Å²) >= 11 is 0. The second kappa shape index (κ2) is 7.58. The normalized spacial score (nSPS) is 11.6. The molecule has 23 heavy (non-hydrogen) atoms. The zero-order valence-electron chi connectivity index (χ0n) is 13.7. The van der Waals surface area contributed by atoms with Crippen molar-refractivity contribution in [2.45, 2.75) is 26.2 Å². The highest BCUT2D eigenvalue weighted by molar-refractivity contribution is 5.99. The molecule has 0 fully saturated rings. The third-order valence-corrected chi connectivity index (χ3v) is 3.94. The van der Waals surface area contributed by atoms with Crippen LogP contribution in [0.25, 0.3) is 0 Å². The first-order valence-corrected chi connectivity index (χ1v) is 7.69. The highest BCUT2D eigenvalue weighted by Gasteiger charge is 2.14. The molecule has 0 bridgehead atoms. The molecule has 1 unspecified atom stereocenters. The molecule has 0 aliphatic heterocycles. The predicted molar refractivity (Wildman–Crippen MR) is 92.7 cm³/mol. The fraction of sp³-hybridized carbons (Fsp3) is 0.263. The number of rotatable bonds is 5. The molecular weight excluding hydrogens is 288 g/mol. The summed E-state index contributed by atoms with van der Waals surface area (Å²) in [4.78, 5) is 24.1. The van der Waals surface area contributed by atoms with Gasteiger partial charge in [-0.2, -0.15) is 0 Å². The van der Waals surface area contributed by atoms with Gasteiger partial charge in [0.2, 0.25) is 5.91 Å². The molecule has 0 spiro atoms. The van der Waals surface area contributed by atoms with Gasteiger partial charge >= 0.3 is 0 Å². The molecular formula is C19H22N2O2. The first kappa shape index (κ1) is 16.7. The minimum atomic E-state index is -0.156. The summed E-state index contributed by atoms with van der Waals surface area (Å²) in [7, 11) is 1.59. The van der Waals surface area contributed by atoms with E-state index in [0.717, 1.165) is 11.1 Å². The highest BCUT2D eigenvalue weighted by atomic mass is 16.2. The predicted octanol–water partition coefficient (Wildman–Crippen LogP) is 3.49. The Kier molecular flexibility index (Phi) is 5.52. The van der Waals surface area contributed by atoms with Gasteiger partial charge in [0.05, 0.1) is 0 Å². The van der Waals surface area contributed by atoms with Crippen LogP contribution < -0.4 is 10.6 Å². The van der Waals surface area contributed by atoms with Gasteiger partial charge in [-0.05, 0) is 36.1 Å². The molecule has 0 aromatic heterocycles. The van der Waals surface area contributed by atoms with Crippen molar-refractivity contribution in [1.29, 1.82) is 0 Å². The quantitative estimate of drug-likeness (QED) is 0.888. The van der Waals surface area contributed by atoms with Crippen LogP contribution in [-0.4, -0.2) is 18.9 Å². The fourth-order valence-electron chi connectivity index (χ4n) is 2.53. The molecule has 120 valence electrons. The van der Waals surface area contributed by atoms with Crippen molar-refractivity contribution in [3.63, 3.8) is 0 Å². The van der Waals surface area contributed by atoms with E-state index in [1.807, 2.05) is 50.2 Å². The van der Waals surface area contributed by atoms with E-state index in [1.54, 1.807) is 19.2 Å². The summed E-state index contributed by atoms with van der Waals surface area (Å²) in [6.45, 7) is 3.86. The summed E-state index contributed by atoms with van der Waals surface area (Å²) in [6.07, 6.45) is 0.396. The number of carbonyl (C=O) groups excluding carboxylic acids is 2. The molecule has 0 saturated carbocycles. The number of anilines is 1. The van der Waals surface area contributed by atoms with Gasteiger partial charge in [-0.3, -0.25) is 9.59 Å². The first-order valence-electron chi connectivity index (χ1n) is 7.69. The molecule has 4 heteroatoms. The zero-order chi connectivity index (χ0) is 16.8. The van der Waals surface area contributed by atoms with E-state index in [2.05, 4.69) is 10.6 Å². The highest BCUT2D eigenvalue weighted by Crippen LogP contribution is 2.22. The molecule has 1 atom stereocenters. The summed E-state index contributed by atoms with van der Waals surface area (Å²) in [5.74, 6) is -0.0756. The van der Waals surface area contributed by atoms with Crippen molar-refractivity contribution in [2.24, 2.45) is 0 Å². The van der Waals surface area contributed by atoms with Crippen LogP contribution in [0.4, 0.5) is 5.69 Å². The van der Waals surface area contributed by atoms with E-state index in [4.69, 9.17) is 0 Å². The average molecular weight is 310 g/mol. The third-order valence-electron chi connectivity index (χ3n) is 3.94. The van der Waals surface area contributed by atoms with Crippen LogP contribution in [-0.2, 0) is 4.79 Å². The summed E-state index contributed by atoms with van der Waals surface area (Å²) in [6, 6.07) is 15.3. The van der Waals surface area contributed by atoms with Crippen LogP contribution in [0.5, 0.6) is 0 Å². The van der Waals surface area contributed by atoms with Gasteiger partial charge < -0.3 is 10.6 Å². The van der Waals surface area contributed by atoms with Crippen molar-refractivity contribution < 1.29 is 9.59 Å². The summed E-state index contributed by atoms with van der Waals surface area (Å²) in [5, 5.41) is 5.52. The van der Waals surface area contributed by atoms with Crippen LogP contribution in [0.3, 0.4) is 0 Å². The van der Waals surface area contributed by atoms with Gasteiger partial charge in [-0.15, -0.1) is 0 Å². The number of carbonyl (C=O) groups is 2. The molecule has 2 aromatic rings. The number of hydrogen-bond donors (Lipinski definition) is 2. The monoisotopic (exact) mass is 310 g/mol. The van der Waals surface area contributed by atoms with Gasteiger partial charge in [0.15, 0.2) is 0 Å². The Morgan fingerprint density at radius 1 is 1.04 bits per heavy atom. The first-order chi connectivity index (χ1) is 11.0. The topological polar surface area (TPSA) is 58.2 Å². The zero-order valence-corrected chi connectivity index (χ0v) is 13.7. The van der Waals surface area contributed by atoms with Crippen molar-refractivity contribution >= 4 is 17.5 Å². The Hall–Kier alpha value is -2.62. The second-order valence-electron chi connectivity index (χ2n) is 5.62. The lowest BCUT2D eigenvalue weighted by atomic mass is 9.97. The van der Waals surface area contributed by atoms with Gasteiger partial charge in [-0.25, -0.2) is 0 Å². The van der Waals surface area contributed by atoms with Crippen LogP contribution in [0.15, 0.2) is 48.5 Å². The Bertz CT molecular complexity index is 696. The molecule has 2 amide bonds. The largest absolute Gasteiger partial charge is 0.355 e. The van der Waals surface area contributed by atoms with Crippen molar-refractivity contribution in [2.75, 3.05) is 12.4 Å². The Morgan fingerprint density at radius 2 is 1.74 bits per heavy atom. The van der Waals surface area contributed by atoms with Gasteiger partial charge in [0.1, 0.15) is 0 Å². The standard InChI is InChI=1S/C19H22N2O2/c1-13(15-8-5-4-6-9-15)12-18(22)21-17-11-7-10-16(14(17)2)19(23)20-3/h4-11,13H,12H2,1-3H3,(H,20,23)(H,21,22). The van der Waals surface area contributed by atoms with Crippen LogP contribution in [0.2, 0.25) is 0 Å². The lowest BCUT2D eigenvalue weighted by molar-refractivity contribution is -0.116. The molecule has 0 saturated heterocycles. The van der Waals surface area contributed by atoms with Gasteiger partial charge in [0.25, 0.3) is 5.91 Å². The maximum absolute atomic E-state index is 12.3. The Balaban J connectivity index is 2.07. The Morgan fingerprint density at radius 3 is 2.39 bits per heavy atom. The van der Waals surface area contributed by atoms with E-state index in [9.17, 15) is 9.59 Å². The molecule has 2 rings (SSSR count). The Labute approximate surface area is 136 Å². The summed E-state index contributed by atoms with van der Waals surface area (Å²) < 4.78 is 0. The number of nitrogens with one attached hydrogen (secondary N) is 2. The maximum atomic E-state index is 12.3. The van der Waals surface area contributed by atoms with Crippen molar-refractivity contribution in [3.8, 4) is 0 Å². The van der Waals surface area contributed by atoms with Crippen molar-refractivity contribution in [3.05, 3.63) is 65.2 Å². The smallest absolute Gasteiger partial charge is 0.251 e. The SMILES string of the molecule is CNC(=O)c1cccc(NC(=O)CC(C)c2ccccc2)c1C. The average Bonchev–Trinajstić information content (AvgIpc) is 2.56. The lowest BCUT2D eigenvalue weighted by Crippen LogP contribution is -2.20. The van der Waals surface area contributed by atoms with E-state index in [0.29, 0.717) is 17.7 Å². The van der Waals surface area contributed by atoms with E-state index < -0.39 is 0 Å².